The molecule has 0 aromatic carbocycles. The number of anilines is 1. The highest BCUT2D eigenvalue weighted by Gasteiger charge is 2.13. The molecule has 0 atom stereocenters. The van der Waals surface area contributed by atoms with E-state index >= 15 is 0 Å². The number of aromatic nitrogens is 1. The Kier molecular flexibility index (Phi) is 1.93. The molecule has 0 bridgehead atoms. The minimum atomic E-state index is -0.447. The number of nitrogens with zero attached hydrogens (tertiary/aromatic N) is 2. The third-order valence-corrected chi connectivity index (χ3v) is 2.61. The molecule has 2 aromatic heterocycles. The average molecular weight is 211 g/mol. The van der Waals surface area contributed by atoms with Gasteiger partial charge in [-0.2, -0.15) is 0 Å². The van der Waals surface area contributed by atoms with E-state index in [1.807, 2.05) is 0 Å². The normalized spacial score (nSPS) is 10.3. The third kappa shape index (κ3) is 1.44. The van der Waals surface area contributed by atoms with Crippen molar-refractivity contribution in [3.8, 4) is 10.6 Å². The fourth-order valence-electron chi connectivity index (χ4n) is 0.969. The summed E-state index contributed by atoms with van der Waals surface area (Å²) in [4.78, 5) is 10.6. The van der Waals surface area contributed by atoms with E-state index in [1.165, 1.54) is 12.1 Å². The van der Waals surface area contributed by atoms with E-state index in [9.17, 15) is 10.1 Å². The van der Waals surface area contributed by atoms with E-state index in [0.717, 1.165) is 11.3 Å². The minimum absolute atomic E-state index is 0.0709. The van der Waals surface area contributed by atoms with Crippen molar-refractivity contribution in [3.63, 3.8) is 0 Å². The Morgan fingerprint density at radius 2 is 2.36 bits per heavy atom. The molecule has 0 aliphatic heterocycles. The lowest BCUT2D eigenvalue weighted by molar-refractivity contribution is -0.380. The molecule has 0 aliphatic rings. The highest BCUT2D eigenvalue weighted by molar-refractivity contribution is 7.18. The molecule has 0 saturated heterocycles. The fourth-order valence-corrected chi connectivity index (χ4v) is 1.74. The standard InChI is InChI=1S/C7H5N3O3S/c8-6-3-4(9-13-6)5-1-2-7(14-5)10(11)12/h1-3H,8H2. The van der Waals surface area contributed by atoms with Crippen LogP contribution < -0.4 is 5.73 Å². The summed E-state index contributed by atoms with van der Waals surface area (Å²) >= 11 is 1.03. The second-order valence-electron chi connectivity index (χ2n) is 2.51. The molecular weight excluding hydrogens is 206 g/mol. The van der Waals surface area contributed by atoms with Gasteiger partial charge in [0.1, 0.15) is 5.69 Å². The predicted octanol–water partition coefficient (Wildman–Crippen LogP) is 1.89. The molecular formula is C7H5N3O3S. The Labute approximate surface area is 82.1 Å². The van der Waals surface area contributed by atoms with Crippen LogP contribution in [-0.4, -0.2) is 10.1 Å². The Balaban J connectivity index is 2.38. The first-order valence-electron chi connectivity index (χ1n) is 3.63. The van der Waals surface area contributed by atoms with Gasteiger partial charge in [0, 0.05) is 12.1 Å². The summed E-state index contributed by atoms with van der Waals surface area (Å²) < 4.78 is 4.65. The summed E-state index contributed by atoms with van der Waals surface area (Å²) in [5, 5.41) is 14.1. The van der Waals surface area contributed by atoms with Gasteiger partial charge in [-0.15, -0.1) is 0 Å². The molecule has 0 fully saturated rings. The summed E-state index contributed by atoms with van der Waals surface area (Å²) in [6.07, 6.45) is 0. The molecule has 6 nitrogen and oxygen atoms in total. The van der Waals surface area contributed by atoms with Crippen LogP contribution in [0.3, 0.4) is 0 Å². The number of nitro groups is 1. The van der Waals surface area contributed by atoms with Crippen molar-refractivity contribution in [1.29, 1.82) is 0 Å². The number of rotatable bonds is 2. The van der Waals surface area contributed by atoms with Crippen LogP contribution in [0.5, 0.6) is 0 Å². The number of hydrogen-bond donors (Lipinski definition) is 1. The first kappa shape index (κ1) is 8.70. The molecule has 2 N–H and O–H groups in total. The van der Waals surface area contributed by atoms with Gasteiger partial charge >= 0.3 is 5.00 Å². The van der Waals surface area contributed by atoms with Crippen LogP contribution in [-0.2, 0) is 0 Å². The second-order valence-corrected chi connectivity index (χ2v) is 3.57. The summed E-state index contributed by atoms with van der Waals surface area (Å²) in [6.45, 7) is 0. The molecule has 0 aliphatic carbocycles. The van der Waals surface area contributed by atoms with Gasteiger partial charge in [-0.3, -0.25) is 10.1 Å². The van der Waals surface area contributed by atoms with Crippen LogP contribution in [0.4, 0.5) is 10.9 Å². The summed E-state index contributed by atoms with van der Waals surface area (Å²) in [5.41, 5.74) is 5.84. The molecule has 0 amide bonds. The van der Waals surface area contributed by atoms with Gasteiger partial charge in [0.25, 0.3) is 0 Å². The van der Waals surface area contributed by atoms with Gasteiger partial charge in [0.2, 0.25) is 5.88 Å². The van der Waals surface area contributed by atoms with Crippen LogP contribution >= 0.6 is 11.3 Å². The van der Waals surface area contributed by atoms with Crippen LogP contribution in [0.1, 0.15) is 0 Å². The number of nitrogen functional groups attached to an aromatic ring is 1. The molecule has 2 rings (SSSR count). The number of thiophene rings is 1. The Morgan fingerprint density at radius 3 is 2.86 bits per heavy atom. The summed E-state index contributed by atoms with van der Waals surface area (Å²) in [5.74, 6) is 0.191. The zero-order valence-electron chi connectivity index (χ0n) is 6.84. The Hall–Kier alpha value is -1.89. The van der Waals surface area contributed by atoms with Crippen molar-refractivity contribution in [2.24, 2.45) is 0 Å². The van der Waals surface area contributed by atoms with Crippen LogP contribution in [0.2, 0.25) is 0 Å². The third-order valence-electron chi connectivity index (χ3n) is 1.55. The van der Waals surface area contributed by atoms with Gasteiger partial charge < -0.3 is 10.3 Å². The maximum absolute atomic E-state index is 10.4. The lowest BCUT2D eigenvalue weighted by Crippen LogP contribution is -1.80. The lowest BCUT2D eigenvalue weighted by atomic mass is 10.3. The van der Waals surface area contributed by atoms with Gasteiger partial charge in [-0.1, -0.05) is 16.5 Å². The van der Waals surface area contributed by atoms with Crippen molar-refractivity contribution >= 4 is 22.2 Å². The Bertz CT molecular complexity index is 476. The van der Waals surface area contributed by atoms with Crippen molar-refractivity contribution in [3.05, 3.63) is 28.3 Å². The smallest absolute Gasteiger partial charge is 0.324 e. The van der Waals surface area contributed by atoms with E-state index in [1.54, 1.807) is 6.07 Å². The first-order valence-corrected chi connectivity index (χ1v) is 4.45. The number of nitrogens with two attached hydrogens (primary N) is 1. The first-order chi connectivity index (χ1) is 6.66. The predicted molar refractivity (Wildman–Crippen MR) is 50.9 cm³/mol. The minimum Gasteiger partial charge on any atom is -0.368 e. The van der Waals surface area contributed by atoms with Gasteiger partial charge in [0.05, 0.1) is 9.80 Å². The second kappa shape index (κ2) is 3.11. The lowest BCUT2D eigenvalue weighted by Gasteiger charge is -1.83. The highest BCUT2D eigenvalue weighted by Crippen LogP contribution is 2.32. The highest BCUT2D eigenvalue weighted by atomic mass is 32.1. The van der Waals surface area contributed by atoms with E-state index in [2.05, 4.69) is 9.68 Å². The van der Waals surface area contributed by atoms with Gasteiger partial charge in [-0.25, -0.2) is 0 Å². The molecule has 7 heteroatoms. The molecule has 0 radical (unpaired) electrons. The van der Waals surface area contributed by atoms with E-state index in [4.69, 9.17) is 5.73 Å². The fraction of sp³-hybridized carbons (Fsp3) is 0. The van der Waals surface area contributed by atoms with Crippen LogP contribution in [0.15, 0.2) is 22.7 Å². The largest absolute Gasteiger partial charge is 0.368 e. The van der Waals surface area contributed by atoms with Crippen molar-refractivity contribution < 1.29 is 9.45 Å². The van der Waals surface area contributed by atoms with Crippen molar-refractivity contribution in [2.45, 2.75) is 0 Å². The van der Waals surface area contributed by atoms with Gasteiger partial charge in [0.15, 0.2) is 0 Å². The van der Waals surface area contributed by atoms with E-state index < -0.39 is 4.92 Å². The zero-order valence-corrected chi connectivity index (χ0v) is 7.65. The molecule has 14 heavy (non-hydrogen) atoms. The molecule has 0 saturated carbocycles. The zero-order chi connectivity index (χ0) is 10.1. The van der Waals surface area contributed by atoms with E-state index in [-0.39, 0.29) is 10.9 Å². The maximum atomic E-state index is 10.4. The Morgan fingerprint density at radius 1 is 1.57 bits per heavy atom. The van der Waals surface area contributed by atoms with Crippen molar-refractivity contribution in [2.75, 3.05) is 5.73 Å². The maximum Gasteiger partial charge on any atom is 0.324 e. The van der Waals surface area contributed by atoms with E-state index in [0.29, 0.717) is 10.6 Å². The topological polar surface area (TPSA) is 95.2 Å². The van der Waals surface area contributed by atoms with Crippen molar-refractivity contribution in [1.82, 2.24) is 5.16 Å². The average Bonchev–Trinajstić information content (AvgIpc) is 2.70. The molecule has 0 spiro atoms. The monoisotopic (exact) mass is 211 g/mol. The van der Waals surface area contributed by atoms with Crippen LogP contribution in [0.25, 0.3) is 10.6 Å². The summed E-state index contributed by atoms with van der Waals surface area (Å²) in [6, 6.07) is 4.56. The van der Waals surface area contributed by atoms with Crippen LogP contribution in [0, 0.1) is 10.1 Å². The quantitative estimate of drug-likeness (QED) is 0.604. The molecule has 2 heterocycles. The molecule has 72 valence electrons. The molecule has 0 unspecified atom stereocenters. The SMILES string of the molecule is Nc1cc(-c2ccc([N+](=O)[O-])s2)no1. The van der Waals surface area contributed by atoms with Gasteiger partial charge in [-0.05, 0) is 6.07 Å². The summed E-state index contributed by atoms with van der Waals surface area (Å²) in [7, 11) is 0. The number of hydrogen-bond acceptors (Lipinski definition) is 6. The molecule has 2 aromatic rings.